The highest BCUT2D eigenvalue weighted by molar-refractivity contribution is 9.10. The highest BCUT2D eigenvalue weighted by Gasteiger charge is 2.11. The van der Waals surface area contributed by atoms with E-state index in [9.17, 15) is 4.79 Å². The zero-order chi connectivity index (χ0) is 11.4. The van der Waals surface area contributed by atoms with Gasteiger partial charge in [-0.15, -0.1) is 0 Å². The quantitative estimate of drug-likeness (QED) is 0.618. The number of carbonyl (C=O) groups excluding carboxylic acids is 1. The minimum atomic E-state index is 0.465. The van der Waals surface area contributed by atoms with Crippen LogP contribution >= 0.6 is 15.9 Å². The predicted molar refractivity (Wildman–Crippen MR) is 64.7 cm³/mol. The van der Waals surface area contributed by atoms with Crippen molar-refractivity contribution in [2.75, 3.05) is 6.61 Å². The maximum Gasteiger partial charge on any atom is 0.151 e. The van der Waals surface area contributed by atoms with Crippen LogP contribution in [0.5, 0.6) is 5.75 Å². The first kappa shape index (κ1) is 12.0. The minimum absolute atomic E-state index is 0.465. The Bertz CT molecular complexity index is 397. The number of aryl methyl sites for hydroxylation is 1. The Labute approximate surface area is 98.1 Å². The van der Waals surface area contributed by atoms with Gasteiger partial charge >= 0.3 is 0 Å². The van der Waals surface area contributed by atoms with Crippen molar-refractivity contribution in [1.29, 1.82) is 0 Å². The number of ether oxygens (including phenoxy) is 1. The summed E-state index contributed by atoms with van der Waals surface area (Å²) in [6.07, 6.45) is 2.54. The Kier molecular flexibility index (Phi) is 4.09. The van der Waals surface area contributed by atoms with Crippen molar-refractivity contribution in [1.82, 2.24) is 0 Å². The fraction of sp³-hybridized carbons (Fsp3) is 0.250. The fourth-order valence-electron chi connectivity index (χ4n) is 1.31. The molecule has 0 aliphatic rings. The van der Waals surface area contributed by atoms with Crippen LogP contribution in [0.4, 0.5) is 0 Å². The van der Waals surface area contributed by atoms with Crippen LogP contribution in [0.25, 0.3) is 0 Å². The zero-order valence-electron chi connectivity index (χ0n) is 8.84. The van der Waals surface area contributed by atoms with Crippen molar-refractivity contribution in [3.05, 3.63) is 39.9 Å². The molecule has 0 aromatic heterocycles. The van der Waals surface area contributed by atoms with Crippen LogP contribution in [0.3, 0.4) is 0 Å². The van der Waals surface area contributed by atoms with Crippen molar-refractivity contribution in [2.45, 2.75) is 13.8 Å². The van der Waals surface area contributed by atoms with E-state index in [-0.39, 0.29) is 0 Å². The number of aldehydes is 1. The van der Waals surface area contributed by atoms with Crippen LogP contribution in [0.2, 0.25) is 0 Å². The molecule has 0 saturated heterocycles. The van der Waals surface area contributed by atoms with Gasteiger partial charge in [0.05, 0.1) is 0 Å². The lowest BCUT2D eigenvalue weighted by Gasteiger charge is -2.12. The third kappa shape index (κ3) is 2.48. The van der Waals surface area contributed by atoms with Crippen LogP contribution in [0.15, 0.2) is 23.2 Å². The van der Waals surface area contributed by atoms with Gasteiger partial charge in [-0.2, -0.15) is 0 Å². The molecule has 0 amide bonds. The molecule has 0 saturated carbocycles. The average Bonchev–Trinajstić information content (AvgIpc) is 2.22. The lowest BCUT2D eigenvalue weighted by Crippen LogP contribution is -1.99. The van der Waals surface area contributed by atoms with Gasteiger partial charge in [0.15, 0.2) is 6.29 Å². The van der Waals surface area contributed by atoms with Gasteiger partial charge in [0, 0.05) is 15.6 Å². The molecule has 15 heavy (non-hydrogen) atoms. The van der Waals surface area contributed by atoms with Gasteiger partial charge in [-0.1, -0.05) is 12.7 Å². The van der Waals surface area contributed by atoms with Gasteiger partial charge in [-0.25, -0.2) is 0 Å². The molecule has 0 aliphatic heterocycles. The topological polar surface area (TPSA) is 26.3 Å². The average molecular weight is 269 g/mol. The summed E-state index contributed by atoms with van der Waals surface area (Å²) in [7, 11) is 0. The van der Waals surface area contributed by atoms with E-state index in [0.717, 1.165) is 27.6 Å². The minimum Gasteiger partial charge on any atom is -0.489 e. The molecule has 0 heterocycles. The smallest absolute Gasteiger partial charge is 0.151 e. The van der Waals surface area contributed by atoms with Gasteiger partial charge in [0.1, 0.15) is 12.4 Å². The second-order valence-electron chi connectivity index (χ2n) is 3.26. The summed E-state index contributed by atoms with van der Waals surface area (Å²) < 4.78 is 6.29. The van der Waals surface area contributed by atoms with E-state index in [1.807, 2.05) is 19.9 Å². The van der Waals surface area contributed by atoms with Crippen LogP contribution in [0, 0.1) is 13.8 Å². The van der Waals surface area contributed by atoms with E-state index in [0.29, 0.717) is 12.2 Å². The van der Waals surface area contributed by atoms with Crippen molar-refractivity contribution in [3.8, 4) is 5.75 Å². The lowest BCUT2D eigenvalue weighted by molar-refractivity contribution is 0.112. The Balaban J connectivity index is 3.20. The number of carbonyl (C=O) groups is 1. The van der Waals surface area contributed by atoms with Gasteiger partial charge in [0.2, 0.25) is 0 Å². The summed E-state index contributed by atoms with van der Waals surface area (Å²) in [6, 6.07) is 1.87. The van der Waals surface area contributed by atoms with Crippen LogP contribution in [0.1, 0.15) is 21.5 Å². The van der Waals surface area contributed by atoms with Crippen LogP contribution in [-0.4, -0.2) is 12.9 Å². The summed E-state index contributed by atoms with van der Waals surface area (Å²) in [5, 5.41) is 0. The molecule has 1 aromatic carbocycles. The van der Waals surface area contributed by atoms with Gasteiger partial charge in [-0.05, 0) is 41.4 Å². The van der Waals surface area contributed by atoms with Crippen molar-refractivity contribution in [3.63, 3.8) is 0 Å². The van der Waals surface area contributed by atoms with E-state index >= 15 is 0 Å². The molecule has 1 aromatic rings. The number of halogens is 1. The van der Waals surface area contributed by atoms with Gasteiger partial charge in [-0.3, -0.25) is 4.79 Å². The fourth-order valence-corrected chi connectivity index (χ4v) is 1.91. The second-order valence-corrected chi connectivity index (χ2v) is 4.05. The van der Waals surface area contributed by atoms with E-state index in [1.54, 1.807) is 6.08 Å². The molecule has 0 radical (unpaired) electrons. The SMILES string of the molecule is C=CCOc1cc(C)c(C=O)c(Br)c1C. The first-order chi connectivity index (χ1) is 7.11. The summed E-state index contributed by atoms with van der Waals surface area (Å²) in [5.41, 5.74) is 2.52. The number of rotatable bonds is 4. The Morgan fingerprint density at radius 2 is 2.20 bits per heavy atom. The van der Waals surface area contributed by atoms with E-state index in [4.69, 9.17) is 4.74 Å². The normalized spacial score (nSPS) is 9.80. The highest BCUT2D eigenvalue weighted by Crippen LogP contribution is 2.31. The molecule has 0 bridgehead atoms. The van der Waals surface area contributed by atoms with Crippen LogP contribution < -0.4 is 4.74 Å². The molecule has 0 spiro atoms. The summed E-state index contributed by atoms with van der Waals surface area (Å²) in [5.74, 6) is 0.782. The molecule has 0 atom stereocenters. The maximum absolute atomic E-state index is 10.8. The van der Waals surface area contributed by atoms with E-state index in [1.165, 1.54) is 0 Å². The van der Waals surface area contributed by atoms with E-state index < -0.39 is 0 Å². The molecular formula is C12H13BrO2. The molecule has 3 heteroatoms. The number of hydrogen-bond donors (Lipinski definition) is 0. The Hall–Kier alpha value is -1.09. The van der Waals surface area contributed by atoms with Crippen LogP contribution in [-0.2, 0) is 0 Å². The maximum atomic E-state index is 10.8. The molecule has 0 aliphatic carbocycles. The predicted octanol–water partition coefficient (Wildman–Crippen LogP) is 3.44. The van der Waals surface area contributed by atoms with Crippen molar-refractivity contribution < 1.29 is 9.53 Å². The summed E-state index contributed by atoms with van der Waals surface area (Å²) >= 11 is 3.40. The largest absolute Gasteiger partial charge is 0.489 e. The molecule has 80 valence electrons. The molecular weight excluding hydrogens is 256 g/mol. The Morgan fingerprint density at radius 1 is 1.53 bits per heavy atom. The first-order valence-corrected chi connectivity index (χ1v) is 5.39. The number of hydrogen-bond acceptors (Lipinski definition) is 2. The Morgan fingerprint density at radius 3 is 2.73 bits per heavy atom. The third-order valence-electron chi connectivity index (χ3n) is 2.18. The molecule has 0 fully saturated rings. The van der Waals surface area contributed by atoms with Crippen molar-refractivity contribution in [2.24, 2.45) is 0 Å². The van der Waals surface area contributed by atoms with Crippen molar-refractivity contribution >= 4 is 22.2 Å². The molecule has 1 rings (SSSR count). The number of benzene rings is 1. The summed E-state index contributed by atoms with van der Waals surface area (Å²) in [4.78, 5) is 10.8. The highest BCUT2D eigenvalue weighted by atomic mass is 79.9. The lowest BCUT2D eigenvalue weighted by atomic mass is 10.1. The molecule has 0 N–H and O–H groups in total. The monoisotopic (exact) mass is 268 g/mol. The molecule has 0 unspecified atom stereocenters. The van der Waals surface area contributed by atoms with Gasteiger partial charge < -0.3 is 4.74 Å². The first-order valence-electron chi connectivity index (χ1n) is 4.60. The zero-order valence-corrected chi connectivity index (χ0v) is 10.4. The van der Waals surface area contributed by atoms with Gasteiger partial charge in [0.25, 0.3) is 0 Å². The van der Waals surface area contributed by atoms with E-state index in [2.05, 4.69) is 22.5 Å². The summed E-state index contributed by atoms with van der Waals surface area (Å²) in [6.45, 7) is 7.85. The standard InChI is InChI=1S/C12H13BrO2/c1-4-5-15-11-6-8(2)10(7-14)12(13)9(11)3/h4,6-7H,1,5H2,2-3H3. The second kappa shape index (κ2) is 5.12. The molecule has 2 nitrogen and oxygen atoms in total. The third-order valence-corrected chi connectivity index (χ3v) is 3.20.